The van der Waals surface area contributed by atoms with Gasteiger partial charge in [0.1, 0.15) is 11.6 Å². The van der Waals surface area contributed by atoms with Gasteiger partial charge in [0.2, 0.25) is 0 Å². The quantitative estimate of drug-likeness (QED) is 0.611. The molecule has 2 aliphatic rings. The zero-order chi connectivity index (χ0) is 11.4. The number of carbonyl (C=O) groups excluding carboxylic acids is 1. The van der Waals surface area contributed by atoms with Crippen molar-refractivity contribution in [1.29, 1.82) is 0 Å². The number of esters is 1. The van der Waals surface area contributed by atoms with Gasteiger partial charge < -0.3 is 9.84 Å². The van der Waals surface area contributed by atoms with E-state index in [1.807, 2.05) is 20.8 Å². The van der Waals surface area contributed by atoms with E-state index in [1.165, 1.54) is 4.90 Å². The van der Waals surface area contributed by atoms with Crippen molar-refractivity contribution in [2.75, 3.05) is 6.54 Å². The van der Waals surface area contributed by atoms with Crippen molar-refractivity contribution in [1.82, 2.24) is 4.90 Å². The Morgan fingerprint density at radius 2 is 2.20 bits per heavy atom. The summed E-state index contributed by atoms with van der Waals surface area (Å²) in [5.74, 6) is -0.404. The SMILES string of the molecule is CC(C)(C)[C@]12C[C@@H](C(=O)O1)N(C(=O)O)C2. The summed E-state index contributed by atoms with van der Waals surface area (Å²) in [6.07, 6.45) is -0.551. The number of carbonyl (C=O) groups is 2. The van der Waals surface area contributed by atoms with Gasteiger partial charge in [-0.3, -0.25) is 4.90 Å². The number of morpholine rings is 1. The average molecular weight is 213 g/mol. The van der Waals surface area contributed by atoms with E-state index >= 15 is 0 Å². The molecule has 5 nitrogen and oxygen atoms in total. The van der Waals surface area contributed by atoms with Crippen molar-refractivity contribution >= 4 is 12.1 Å². The smallest absolute Gasteiger partial charge is 0.408 e. The predicted molar refractivity (Wildman–Crippen MR) is 51.4 cm³/mol. The van der Waals surface area contributed by atoms with E-state index in [2.05, 4.69) is 0 Å². The van der Waals surface area contributed by atoms with Crippen molar-refractivity contribution < 1.29 is 19.4 Å². The van der Waals surface area contributed by atoms with Crippen LogP contribution in [0.1, 0.15) is 27.2 Å². The van der Waals surface area contributed by atoms with Crippen molar-refractivity contribution in [2.24, 2.45) is 5.41 Å². The summed E-state index contributed by atoms with van der Waals surface area (Å²) in [6, 6.07) is -0.596. The van der Waals surface area contributed by atoms with Gasteiger partial charge in [0.25, 0.3) is 0 Å². The van der Waals surface area contributed by atoms with Gasteiger partial charge in [-0.15, -0.1) is 0 Å². The maximum atomic E-state index is 11.5. The molecule has 2 fully saturated rings. The molecule has 15 heavy (non-hydrogen) atoms. The lowest BCUT2D eigenvalue weighted by Gasteiger charge is -2.40. The molecular formula is C10H15NO4. The maximum Gasteiger partial charge on any atom is 0.408 e. The van der Waals surface area contributed by atoms with Crippen LogP contribution in [0.5, 0.6) is 0 Å². The zero-order valence-corrected chi connectivity index (χ0v) is 9.11. The summed E-state index contributed by atoms with van der Waals surface area (Å²) in [5, 5.41) is 8.95. The normalized spacial score (nSPS) is 34.5. The molecule has 5 heteroatoms. The molecule has 2 bridgehead atoms. The third kappa shape index (κ3) is 1.22. The Morgan fingerprint density at radius 1 is 1.60 bits per heavy atom. The van der Waals surface area contributed by atoms with Crippen LogP contribution in [0.2, 0.25) is 0 Å². The fourth-order valence-electron chi connectivity index (χ4n) is 2.31. The number of carboxylic acid groups (broad SMARTS) is 1. The first-order chi connectivity index (χ1) is 6.77. The second kappa shape index (κ2) is 2.65. The van der Waals surface area contributed by atoms with E-state index in [9.17, 15) is 9.59 Å². The number of hydrogen-bond donors (Lipinski definition) is 1. The molecule has 2 saturated heterocycles. The predicted octanol–water partition coefficient (Wildman–Crippen LogP) is 1.08. The van der Waals surface area contributed by atoms with Gasteiger partial charge in [0.15, 0.2) is 0 Å². The molecule has 0 aromatic rings. The highest BCUT2D eigenvalue weighted by atomic mass is 16.6. The van der Waals surface area contributed by atoms with E-state index in [0.29, 0.717) is 13.0 Å². The van der Waals surface area contributed by atoms with Crippen LogP contribution in [0, 0.1) is 5.41 Å². The lowest BCUT2D eigenvalue weighted by atomic mass is 9.76. The minimum atomic E-state index is -1.04. The summed E-state index contributed by atoms with van der Waals surface area (Å²) < 4.78 is 5.35. The molecule has 0 aromatic carbocycles. The first-order valence-electron chi connectivity index (χ1n) is 4.99. The summed E-state index contributed by atoms with van der Waals surface area (Å²) in [4.78, 5) is 23.6. The number of fused-ring (bicyclic) bond motifs is 2. The van der Waals surface area contributed by atoms with E-state index in [0.717, 1.165) is 0 Å². The Kier molecular flexibility index (Phi) is 1.81. The Hall–Kier alpha value is -1.26. The van der Waals surface area contributed by atoms with Crippen molar-refractivity contribution in [2.45, 2.75) is 38.8 Å². The summed E-state index contributed by atoms with van der Waals surface area (Å²) in [7, 11) is 0. The van der Waals surface area contributed by atoms with E-state index in [4.69, 9.17) is 9.84 Å². The van der Waals surface area contributed by atoms with Crippen LogP contribution in [0.25, 0.3) is 0 Å². The molecule has 1 N–H and O–H groups in total. The summed E-state index contributed by atoms with van der Waals surface area (Å²) in [6.45, 7) is 6.19. The molecule has 0 unspecified atom stereocenters. The Labute approximate surface area is 88.0 Å². The highest BCUT2D eigenvalue weighted by Gasteiger charge is 2.63. The van der Waals surface area contributed by atoms with Crippen LogP contribution < -0.4 is 0 Å². The maximum absolute atomic E-state index is 11.5. The standard InChI is InChI=1S/C10H15NO4/c1-9(2,3)10-4-6(7(12)15-10)11(5-10)8(13)14/h6H,4-5H2,1-3H3,(H,13,14)/t6-,10+/m0/s1. The second-order valence-electron chi connectivity index (χ2n) is 5.30. The Bertz CT molecular complexity index is 333. The molecule has 0 spiro atoms. The monoisotopic (exact) mass is 213 g/mol. The molecule has 0 aliphatic carbocycles. The number of ether oxygens (including phenoxy) is 1. The Balaban J connectivity index is 2.34. The molecule has 0 radical (unpaired) electrons. The van der Waals surface area contributed by atoms with Gasteiger partial charge in [-0.05, 0) is 0 Å². The first-order valence-corrected chi connectivity index (χ1v) is 4.99. The summed E-state index contributed by atoms with van der Waals surface area (Å²) >= 11 is 0. The van der Waals surface area contributed by atoms with Crippen molar-refractivity contribution in [3.63, 3.8) is 0 Å². The van der Waals surface area contributed by atoms with Crippen LogP contribution in [0.15, 0.2) is 0 Å². The largest absolute Gasteiger partial charge is 0.465 e. The molecule has 2 aliphatic heterocycles. The molecule has 1 amide bonds. The highest BCUT2D eigenvalue weighted by Crippen LogP contribution is 2.48. The summed E-state index contributed by atoms with van der Waals surface area (Å²) in [5.41, 5.74) is -0.866. The van der Waals surface area contributed by atoms with Gasteiger partial charge in [-0.1, -0.05) is 20.8 Å². The lowest BCUT2D eigenvalue weighted by Crippen LogP contribution is -2.52. The van der Waals surface area contributed by atoms with Gasteiger partial charge in [0.05, 0.1) is 6.54 Å². The van der Waals surface area contributed by atoms with Crippen LogP contribution in [0.3, 0.4) is 0 Å². The second-order valence-corrected chi connectivity index (χ2v) is 5.30. The van der Waals surface area contributed by atoms with Gasteiger partial charge in [0, 0.05) is 11.8 Å². The fourth-order valence-corrected chi connectivity index (χ4v) is 2.31. The minimum Gasteiger partial charge on any atom is -0.465 e. The number of nitrogens with zero attached hydrogens (tertiary/aromatic N) is 1. The van der Waals surface area contributed by atoms with E-state index < -0.39 is 23.7 Å². The number of rotatable bonds is 0. The molecular weight excluding hydrogens is 198 g/mol. The average Bonchev–Trinajstić information content (AvgIpc) is 2.57. The number of likely N-dealkylation sites (tertiary alicyclic amines) is 1. The first kappa shape index (κ1) is 10.3. The third-order valence-electron chi connectivity index (χ3n) is 3.51. The molecule has 2 rings (SSSR count). The number of amides is 1. The molecule has 2 atom stereocenters. The Morgan fingerprint density at radius 3 is 2.53 bits per heavy atom. The van der Waals surface area contributed by atoms with Gasteiger partial charge >= 0.3 is 12.1 Å². The zero-order valence-electron chi connectivity index (χ0n) is 9.11. The van der Waals surface area contributed by atoms with Crippen molar-refractivity contribution in [3.05, 3.63) is 0 Å². The molecule has 2 heterocycles. The van der Waals surface area contributed by atoms with Gasteiger partial charge in [-0.25, -0.2) is 9.59 Å². The lowest BCUT2D eigenvalue weighted by molar-refractivity contribution is -0.168. The van der Waals surface area contributed by atoms with Crippen LogP contribution in [0.4, 0.5) is 4.79 Å². The van der Waals surface area contributed by atoms with E-state index in [-0.39, 0.29) is 5.41 Å². The van der Waals surface area contributed by atoms with E-state index in [1.54, 1.807) is 0 Å². The van der Waals surface area contributed by atoms with Crippen LogP contribution in [-0.2, 0) is 9.53 Å². The van der Waals surface area contributed by atoms with Gasteiger partial charge in [-0.2, -0.15) is 0 Å². The topological polar surface area (TPSA) is 66.8 Å². The number of hydrogen-bond acceptors (Lipinski definition) is 3. The van der Waals surface area contributed by atoms with Crippen LogP contribution >= 0.6 is 0 Å². The van der Waals surface area contributed by atoms with Crippen molar-refractivity contribution in [3.8, 4) is 0 Å². The molecule has 84 valence electrons. The van der Waals surface area contributed by atoms with Crippen LogP contribution in [-0.4, -0.2) is 40.3 Å². The molecule has 0 aromatic heterocycles. The molecule has 0 saturated carbocycles. The highest BCUT2D eigenvalue weighted by molar-refractivity contribution is 5.85. The third-order valence-corrected chi connectivity index (χ3v) is 3.51. The minimum absolute atomic E-state index is 0.235. The fraction of sp³-hybridized carbons (Fsp3) is 0.800.